The van der Waals surface area contributed by atoms with Crippen LogP contribution in [0.15, 0.2) is 224 Å². The van der Waals surface area contributed by atoms with Crippen LogP contribution in [0.25, 0.3) is 89.1 Å². The maximum atomic E-state index is 7.39. The molecule has 13 rings (SSSR count). The first-order valence-electron chi connectivity index (χ1n) is 21.8. The zero-order valence-electron chi connectivity index (χ0n) is 34.6. The van der Waals surface area contributed by atoms with Crippen LogP contribution in [0, 0.1) is 0 Å². The van der Waals surface area contributed by atoms with Gasteiger partial charge in [-0.2, -0.15) is 0 Å². The molecule has 0 saturated heterocycles. The van der Waals surface area contributed by atoms with Crippen LogP contribution < -0.4 is 4.74 Å². The van der Waals surface area contributed by atoms with Gasteiger partial charge >= 0.3 is 0 Å². The Labute approximate surface area is 370 Å². The number of fused-ring (bicyclic) bond motifs is 12. The lowest BCUT2D eigenvalue weighted by Gasteiger charge is -2.40. The molecular formula is C60H37N3O. The number of rotatable bonds is 5. The normalized spacial score (nSPS) is 12.9. The van der Waals surface area contributed by atoms with Crippen molar-refractivity contribution >= 4 is 21.7 Å². The Morgan fingerprint density at radius 2 is 0.859 bits per heavy atom. The largest absolute Gasteiger partial charge is 0.456 e. The zero-order valence-corrected chi connectivity index (χ0v) is 34.6. The molecule has 9 aromatic carbocycles. The summed E-state index contributed by atoms with van der Waals surface area (Å²) in [6, 6.07) is 79.5. The molecule has 2 aromatic heterocycles. The highest BCUT2D eigenvalue weighted by atomic mass is 16.5. The summed E-state index contributed by atoms with van der Waals surface area (Å²) in [5, 5.41) is 3.32. The van der Waals surface area contributed by atoms with Crippen molar-refractivity contribution in [2.45, 2.75) is 5.41 Å². The molecule has 0 unspecified atom stereocenters. The van der Waals surface area contributed by atoms with Gasteiger partial charge in [-0.25, -0.2) is 15.0 Å². The lowest BCUT2D eigenvalue weighted by atomic mass is 9.65. The predicted molar refractivity (Wildman–Crippen MR) is 259 cm³/mol. The topological polar surface area (TPSA) is 47.9 Å². The molecule has 0 N–H and O–H groups in total. The number of aromatic nitrogens is 3. The summed E-state index contributed by atoms with van der Waals surface area (Å²) in [4.78, 5) is 15.4. The zero-order chi connectivity index (χ0) is 42.2. The van der Waals surface area contributed by atoms with Crippen molar-refractivity contribution in [3.63, 3.8) is 0 Å². The summed E-state index contributed by atoms with van der Waals surface area (Å²) in [5.74, 6) is 2.37. The van der Waals surface area contributed by atoms with E-state index in [2.05, 4.69) is 188 Å². The average molecular weight is 816 g/mol. The number of para-hydroxylation sites is 2. The number of hydrogen-bond donors (Lipinski definition) is 0. The van der Waals surface area contributed by atoms with Gasteiger partial charge in [-0.15, -0.1) is 0 Å². The molecular weight excluding hydrogens is 779 g/mol. The smallest absolute Gasteiger partial charge is 0.160 e. The minimum Gasteiger partial charge on any atom is -0.456 e. The van der Waals surface area contributed by atoms with Crippen molar-refractivity contribution in [3.05, 3.63) is 247 Å². The van der Waals surface area contributed by atoms with Gasteiger partial charge in [-0.3, -0.25) is 0 Å². The van der Waals surface area contributed by atoms with Gasteiger partial charge in [-0.05, 0) is 57.5 Å². The molecule has 1 spiro atoms. The maximum Gasteiger partial charge on any atom is 0.160 e. The maximum absolute atomic E-state index is 7.39. The fourth-order valence-corrected chi connectivity index (χ4v) is 10.3. The van der Waals surface area contributed by atoms with Gasteiger partial charge in [0.2, 0.25) is 0 Å². The van der Waals surface area contributed by atoms with E-state index < -0.39 is 5.41 Å². The minimum atomic E-state index is -0.653. The second-order valence-electron chi connectivity index (χ2n) is 16.6. The molecule has 3 heterocycles. The van der Waals surface area contributed by atoms with Crippen molar-refractivity contribution in [2.75, 3.05) is 0 Å². The molecule has 2 aliphatic rings. The third-order valence-corrected chi connectivity index (χ3v) is 13.2. The Morgan fingerprint density at radius 3 is 1.55 bits per heavy atom. The third kappa shape index (κ3) is 5.46. The second kappa shape index (κ2) is 14.3. The van der Waals surface area contributed by atoms with Gasteiger partial charge in [0, 0.05) is 49.7 Å². The lowest BCUT2D eigenvalue weighted by Crippen LogP contribution is -2.32. The highest BCUT2D eigenvalue weighted by molar-refractivity contribution is 6.12. The van der Waals surface area contributed by atoms with Gasteiger partial charge in [0.15, 0.2) is 5.82 Å². The van der Waals surface area contributed by atoms with E-state index in [1.165, 1.54) is 22.3 Å². The molecule has 0 amide bonds. The van der Waals surface area contributed by atoms with E-state index in [1.54, 1.807) is 0 Å². The van der Waals surface area contributed by atoms with Gasteiger partial charge in [-0.1, -0.05) is 200 Å². The molecule has 11 aromatic rings. The van der Waals surface area contributed by atoms with Gasteiger partial charge in [0.25, 0.3) is 0 Å². The first-order valence-corrected chi connectivity index (χ1v) is 21.8. The number of nitrogens with zero attached hydrogens (tertiary/aromatic N) is 3. The highest BCUT2D eigenvalue weighted by Gasteiger charge is 2.51. The SMILES string of the molecule is c1ccc(-c2cc(-c3ccc(-c4cccc5c4Oc4cc6c(-c7ccccc7)nc7ccccc7c6cc4C54c5ccccc5-c5ccccc54)cc3)nc(-c3ccccc3)n2)cc1. The predicted octanol–water partition coefficient (Wildman–Crippen LogP) is 15.0. The Hall–Kier alpha value is -8.47. The van der Waals surface area contributed by atoms with E-state index in [9.17, 15) is 0 Å². The van der Waals surface area contributed by atoms with Crippen LogP contribution in [-0.2, 0) is 5.41 Å². The molecule has 1 aliphatic carbocycles. The molecule has 4 heteroatoms. The fourth-order valence-electron chi connectivity index (χ4n) is 10.3. The van der Waals surface area contributed by atoms with Crippen LogP contribution >= 0.6 is 0 Å². The Balaban J connectivity index is 1.03. The van der Waals surface area contributed by atoms with Crippen LogP contribution in [0.2, 0.25) is 0 Å². The summed E-state index contributed by atoms with van der Waals surface area (Å²) in [7, 11) is 0. The van der Waals surface area contributed by atoms with E-state index in [0.29, 0.717) is 5.82 Å². The van der Waals surface area contributed by atoms with E-state index in [1.807, 2.05) is 36.4 Å². The summed E-state index contributed by atoms with van der Waals surface area (Å²) in [6.45, 7) is 0. The molecule has 4 nitrogen and oxygen atoms in total. The van der Waals surface area contributed by atoms with Gasteiger partial charge in [0.05, 0.1) is 28.0 Å². The second-order valence-corrected chi connectivity index (χ2v) is 16.6. The molecule has 0 bridgehead atoms. The molecule has 0 radical (unpaired) electrons. The Kier molecular flexibility index (Phi) is 8.09. The quantitative estimate of drug-likeness (QED) is 0.162. The highest BCUT2D eigenvalue weighted by Crippen LogP contribution is 2.64. The van der Waals surface area contributed by atoms with E-state index in [0.717, 1.165) is 94.8 Å². The van der Waals surface area contributed by atoms with Crippen molar-refractivity contribution < 1.29 is 4.74 Å². The van der Waals surface area contributed by atoms with Crippen LogP contribution in [0.4, 0.5) is 0 Å². The lowest BCUT2D eigenvalue weighted by molar-refractivity contribution is 0.439. The number of pyridine rings is 1. The number of hydrogen-bond acceptors (Lipinski definition) is 4. The number of ether oxygens (including phenoxy) is 1. The van der Waals surface area contributed by atoms with Crippen LogP contribution in [0.1, 0.15) is 22.3 Å². The van der Waals surface area contributed by atoms with E-state index in [-0.39, 0.29) is 0 Å². The summed E-state index contributed by atoms with van der Waals surface area (Å²) < 4.78 is 7.39. The van der Waals surface area contributed by atoms with Gasteiger partial charge < -0.3 is 4.74 Å². The molecule has 0 saturated carbocycles. The van der Waals surface area contributed by atoms with Crippen molar-refractivity contribution in [3.8, 4) is 78.9 Å². The Morgan fingerprint density at radius 1 is 0.328 bits per heavy atom. The van der Waals surface area contributed by atoms with Crippen LogP contribution in [0.3, 0.4) is 0 Å². The molecule has 298 valence electrons. The summed E-state index contributed by atoms with van der Waals surface area (Å²) >= 11 is 0. The first kappa shape index (κ1) is 36.2. The molecule has 1 aliphatic heterocycles. The molecule has 0 atom stereocenters. The van der Waals surface area contributed by atoms with Crippen molar-refractivity contribution in [1.82, 2.24) is 15.0 Å². The molecule has 64 heavy (non-hydrogen) atoms. The van der Waals surface area contributed by atoms with Crippen LogP contribution in [0.5, 0.6) is 11.5 Å². The average Bonchev–Trinajstić information content (AvgIpc) is 3.67. The van der Waals surface area contributed by atoms with Crippen LogP contribution in [-0.4, -0.2) is 15.0 Å². The summed E-state index contributed by atoms with van der Waals surface area (Å²) in [5.41, 5.74) is 16.4. The standard InChI is InChI=1S/C60H37N3O/c1-4-17-39(18-5-1)54-37-55(63-59(62-54)42-21-8-3-9-22-42)40-33-31-38(32-34-40)43-26-16-29-51-58(43)64-56-36-48-47(46-25-12-15-30-53(46)61-57(48)41-19-6-2-7-20-41)35-52(56)60(51)49-27-13-10-23-44(49)45-24-11-14-28-50(45)60/h1-37H. The van der Waals surface area contributed by atoms with Gasteiger partial charge in [0.1, 0.15) is 11.5 Å². The summed E-state index contributed by atoms with van der Waals surface area (Å²) in [6.07, 6.45) is 0. The monoisotopic (exact) mass is 815 g/mol. The van der Waals surface area contributed by atoms with Crippen molar-refractivity contribution in [1.29, 1.82) is 0 Å². The van der Waals surface area contributed by atoms with E-state index in [4.69, 9.17) is 19.7 Å². The van der Waals surface area contributed by atoms with E-state index >= 15 is 0 Å². The first-order chi connectivity index (χ1) is 31.7. The fraction of sp³-hybridized carbons (Fsp3) is 0.0167. The molecule has 0 fully saturated rings. The van der Waals surface area contributed by atoms with Crippen molar-refractivity contribution in [2.24, 2.45) is 0 Å². The Bertz CT molecular complexity index is 3520. The minimum absolute atomic E-state index is 0.653. The number of benzene rings is 9. The third-order valence-electron chi connectivity index (χ3n) is 13.2.